The number of nitrogens with zero attached hydrogens (tertiary/aromatic N) is 2. The van der Waals surface area contributed by atoms with Gasteiger partial charge < -0.3 is 0 Å². The molecule has 1 unspecified atom stereocenters. The van der Waals surface area contributed by atoms with Crippen molar-refractivity contribution in [3.05, 3.63) is 35.4 Å². The lowest BCUT2D eigenvalue weighted by molar-refractivity contribution is -0.135. The first-order valence-corrected chi connectivity index (χ1v) is 11.6. The second-order valence-corrected chi connectivity index (χ2v) is 9.79. The summed E-state index contributed by atoms with van der Waals surface area (Å²) in [6.07, 6.45) is 13.4. The lowest BCUT2D eigenvalue weighted by Gasteiger charge is -2.50. The van der Waals surface area contributed by atoms with Crippen molar-refractivity contribution in [2.24, 2.45) is 22.2 Å². The molecule has 0 N–H and O–H groups in total. The minimum atomic E-state index is -0.0991. The molecule has 1 aromatic rings. The number of fused-ring (bicyclic) bond motifs is 4. The zero-order chi connectivity index (χ0) is 19.1. The van der Waals surface area contributed by atoms with Gasteiger partial charge in [-0.15, -0.1) is 0 Å². The molecule has 0 radical (unpaired) electrons. The van der Waals surface area contributed by atoms with Gasteiger partial charge in [-0.25, -0.2) is 4.99 Å². The van der Waals surface area contributed by atoms with E-state index in [1.54, 1.807) is 0 Å². The van der Waals surface area contributed by atoms with Gasteiger partial charge in [-0.3, -0.25) is 9.69 Å². The van der Waals surface area contributed by atoms with Gasteiger partial charge in [0.1, 0.15) is 0 Å². The van der Waals surface area contributed by atoms with Crippen LogP contribution in [0, 0.1) is 17.3 Å². The second-order valence-electron chi connectivity index (χ2n) is 9.42. The van der Waals surface area contributed by atoms with Crippen LogP contribution in [0.5, 0.6) is 0 Å². The third kappa shape index (κ3) is 3.04. The number of carbonyl (C=O) groups is 1. The Morgan fingerprint density at radius 2 is 1.75 bits per heavy atom. The highest BCUT2D eigenvalue weighted by Gasteiger charge is 2.53. The van der Waals surface area contributed by atoms with Crippen LogP contribution in [0.2, 0.25) is 0 Å². The van der Waals surface area contributed by atoms with Crippen molar-refractivity contribution in [2.45, 2.75) is 70.6 Å². The average molecular weight is 395 g/mol. The molecular formula is C24H30N2OS. The van der Waals surface area contributed by atoms with E-state index in [0.29, 0.717) is 11.0 Å². The van der Waals surface area contributed by atoms with E-state index >= 15 is 0 Å². The molecule has 1 amide bonds. The van der Waals surface area contributed by atoms with E-state index in [9.17, 15) is 4.79 Å². The van der Waals surface area contributed by atoms with Gasteiger partial charge in [-0.1, -0.05) is 62.8 Å². The molecule has 5 rings (SSSR count). The minimum absolute atomic E-state index is 0.0450. The van der Waals surface area contributed by atoms with Crippen LogP contribution < -0.4 is 0 Å². The molecule has 1 atom stereocenters. The molecule has 1 aliphatic heterocycles. The molecule has 1 aromatic carbocycles. The maximum atomic E-state index is 13.9. The summed E-state index contributed by atoms with van der Waals surface area (Å²) in [7, 11) is 0. The number of aliphatic imine (C=N–C) groups is 1. The van der Waals surface area contributed by atoms with Crippen LogP contribution in [0.1, 0.15) is 75.3 Å². The summed E-state index contributed by atoms with van der Waals surface area (Å²) in [6.45, 7) is 0.780. The number of hydrogen-bond donors (Lipinski definition) is 0. The van der Waals surface area contributed by atoms with Crippen molar-refractivity contribution >= 4 is 28.9 Å². The fraction of sp³-hybridized carbons (Fsp3) is 0.625. The van der Waals surface area contributed by atoms with Crippen LogP contribution in [0.25, 0.3) is 0 Å². The Bertz CT molecular complexity index is 818. The highest BCUT2D eigenvalue weighted by Crippen LogP contribution is 2.51. The van der Waals surface area contributed by atoms with E-state index in [0.717, 1.165) is 37.1 Å². The standard InChI is InChI=1S/C24H30N2OS/c27-22-20-21(25-23(28)26(22)16-17-9-3-1-4-10-17)19-12-6-5-11-18(19)15-24(20)13-7-2-8-14-24/h5-6,11-12,17,20H,1-4,7-10,13-16H2. The Morgan fingerprint density at radius 1 is 1.04 bits per heavy atom. The zero-order valence-corrected chi connectivity index (χ0v) is 17.5. The smallest absolute Gasteiger partial charge is 0.238 e. The Balaban J connectivity index is 1.54. The minimum Gasteiger partial charge on any atom is -0.287 e. The van der Waals surface area contributed by atoms with Crippen molar-refractivity contribution in [2.75, 3.05) is 6.54 Å². The first kappa shape index (κ1) is 18.5. The number of carbonyl (C=O) groups excluding carboxylic acids is 1. The summed E-state index contributed by atoms with van der Waals surface area (Å²) < 4.78 is 0. The van der Waals surface area contributed by atoms with Crippen LogP contribution in [0.15, 0.2) is 29.3 Å². The van der Waals surface area contributed by atoms with Gasteiger partial charge in [0.05, 0.1) is 11.6 Å². The second kappa shape index (κ2) is 7.37. The van der Waals surface area contributed by atoms with Gasteiger partial charge in [0, 0.05) is 12.1 Å². The molecule has 0 aromatic heterocycles. The predicted molar refractivity (Wildman–Crippen MR) is 117 cm³/mol. The summed E-state index contributed by atoms with van der Waals surface area (Å²) in [5.74, 6) is 0.737. The van der Waals surface area contributed by atoms with Crippen LogP contribution in [0.4, 0.5) is 0 Å². The molecule has 0 saturated heterocycles. The van der Waals surface area contributed by atoms with E-state index in [4.69, 9.17) is 17.2 Å². The van der Waals surface area contributed by atoms with Crippen molar-refractivity contribution in [3.63, 3.8) is 0 Å². The summed E-state index contributed by atoms with van der Waals surface area (Å²) in [5.41, 5.74) is 3.54. The number of amides is 1. The zero-order valence-electron chi connectivity index (χ0n) is 16.7. The molecule has 3 nitrogen and oxygen atoms in total. The predicted octanol–water partition coefficient (Wildman–Crippen LogP) is 5.31. The SMILES string of the molecule is O=C1C2C(=NC(=S)N1CC1CCCCC1)c1ccccc1CC21CCCCC1. The molecule has 2 fully saturated rings. The number of hydrogen-bond acceptors (Lipinski definition) is 2. The first-order valence-electron chi connectivity index (χ1n) is 11.2. The molecule has 4 aliphatic rings. The number of thiocarbonyl (C=S) groups is 1. The fourth-order valence-electron chi connectivity index (χ4n) is 6.29. The Hall–Kier alpha value is -1.55. The normalized spacial score (nSPS) is 27.4. The topological polar surface area (TPSA) is 32.7 Å². The summed E-state index contributed by atoms with van der Waals surface area (Å²) in [4.78, 5) is 20.7. The largest absolute Gasteiger partial charge is 0.287 e. The molecule has 4 heteroatoms. The van der Waals surface area contributed by atoms with E-state index in [1.807, 2.05) is 4.90 Å². The average Bonchev–Trinajstić information content (AvgIpc) is 2.72. The van der Waals surface area contributed by atoms with E-state index < -0.39 is 0 Å². The third-order valence-corrected chi connectivity index (χ3v) is 8.01. The molecule has 2 saturated carbocycles. The maximum Gasteiger partial charge on any atom is 0.238 e. The van der Waals surface area contributed by atoms with E-state index in [1.165, 1.54) is 56.9 Å². The summed E-state index contributed by atoms with van der Waals surface area (Å²) in [6, 6.07) is 8.56. The van der Waals surface area contributed by atoms with Crippen molar-refractivity contribution in [1.82, 2.24) is 4.90 Å². The molecule has 148 valence electrons. The summed E-state index contributed by atoms with van der Waals surface area (Å²) in [5, 5.41) is 0.504. The Kier molecular flexibility index (Phi) is 4.86. The first-order chi connectivity index (χ1) is 13.7. The third-order valence-electron chi connectivity index (χ3n) is 7.70. The van der Waals surface area contributed by atoms with Gasteiger partial charge >= 0.3 is 0 Å². The highest BCUT2D eigenvalue weighted by atomic mass is 32.1. The molecule has 0 bridgehead atoms. The van der Waals surface area contributed by atoms with Gasteiger partial charge in [-0.2, -0.15) is 0 Å². The monoisotopic (exact) mass is 394 g/mol. The van der Waals surface area contributed by atoms with Crippen LogP contribution >= 0.6 is 12.2 Å². The lowest BCUT2D eigenvalue weighted by atomic mass is 9.57. The maximum absolute atomic E-state index is 13.9. The Labute approximate surface area is 173 Å². The van der Waals surface area contributed by atoms with Crippen molar-refractivity contribution in [1.29, 1.82) is 0 Å². The fourth-order valence-corrected chi connectivity index (χ4v) is 6.55. The number of benzene rings is 1. The van der Waals surface area contributed by atoms with Gasteiger partial charge in [0.2, 0.25) is 11.0 Å². The molecule has 1 spiro atoms. The van der Waals surface area contributed by atoms with Crippen LogP contribution in [-0.2, 0) is 11.2 Å². The quantitative estimate of drug-likeness (QED) is 0.637. The molecule has 28 heavy (non-hydrogen) atoms. The summed E-state index contributed by atoms with van der Waals surface area (Å²) >= 11 is 5.68. The lowest BCUT2D eigenvalue weighted by Crippen LogP contribution is -2.57. The van der Waals surface area contributed by atoms with E-state index in [-0.39, 0.29) is 17.2 Å². The van der Waals surface area contributed by atoms with Crippen molar-refractivity contribution in [3.8, 4) is 0 Å². The van der Waals surface area contributed by atoms with Gasteiger partial charge in [0.15, 0.2) is 0 Å². The van der Waals surface area contributed by atoms with Crippen LogP contribution in [-0.4, -0.2) is 28.2 Å². The molecular weight excluding hydrogens is 364 g/mol. The van der Waals surface area contributed by atoms with Gasteiger partial charge in [-0.05, 0) is 61.2 Å². The van der Waals surface area contributed by atoms with E-state index in [2.05, 4.69) is 24.3 Å². The van der Waals surface area contributed by atoms with Crippen molar-refractivity contribution < 1.29 is 4.79 Å². The molecule has 3 aliphatic carbocycles. The molecule has 1 heterocycles. The van der Waals surface area contributed by atoms with Gasteiger partial charge in [0.25, 0.3) is 0 Å². The number of rotatable bonds is 2. The highest BCUT2D eigenvalue weighted by molar-refractivity contribution is 7.80. The van der Waals surface area contributed by atoms with Crippen LogP contribution in [0.3, 0.4) is 0 Å². The Morgan fingerprint density at radius 3 is 2.54 bits per heavy atom.